The zero-order valence-corrected chi connectivity index (χ0v) is 14.8. The van der Waals surface area contributed by atoms with Crippen LogP contribution in [0.15, 0.2) is 43.0 Å². The van der Waals surface area contributed by atoms with Crippen molar-refractivity contribution in [3.63, 3.8) is 0 Å². The van der Waals surface area contributed by atoms with E-state index in [1.807, 2.05) is 36.4 Å². The van der Waals surface area contributed by atoms with E-state index in [0.717, 1.165) is 31.6 Å². The lowest BCUT2D eigenvalue weighted by Crippen LogP contribution is -2.49. The highest BCUT2D eigenvalue weighted by atomic mass is 32.2. The molecule has 0 saturated carbocycles. The van der Waals surface area contributed by atoms with Gasteiger partial charge in [0.05, 0.1) is 18.5 Å². The number of hydrogen-bond acceptors (Lipinski definition) is 4. The molecule has 0 aliphatic carbocycles. The number of benzene rings is 1. The molecule has 2 atom stereocenters. The van der Waals surface area contributed by atoms with Gasteiger partial charge in [-0.3, -0.25) is 4.90 Å². The van der Waals surface area contributed by atoms with E-state index in [4.69, 9.17) is 4.74 Å². The second kappa shape index (κ2) is 7.78. The van der Waals surface area contributed by atoms with E-state index >= 15 is 0 Å². The molecule has 0 unspecified atom stereocenters. The lowest BCUT2D eigenvalue weighted by Gasteiger charge is -2.37. The van der Waals surface area contributed by atoms with Gasteiger partial charge in [-0.2, -0.15) is 4.31 Å². The molecule has 0 N–H and O–H groups in total. The molecule has 6 heteroatoms. The molecule has 2 heterocycles. The Hall–Kier alpha value is -1.21. The van der Waals surface area contributed by atoms with Gasteiger partial charge in [0.15, 0.2) is 0 Å². The molecule has 0 spiro atoms. The molecule has 24 heavy (non-hydrogen) atoms. The molecule has 5 nitrogen and oxygen atoms in total. The average Bonchev–Trinajstić information content (AvgIpc) is 2.76. The molecule has 2 saturated heterocycles. The van der Waals surface area contributed by atoms with E-state index in [9.17, 15) is 8.42 Å². The van der Waals surface area contributed by atoms with Crippen LogP contribution in [0, 0.1) is 5.92 Å². The van der Waals surface area contributed by atoms with Crippen molar-refractivity contribution < 1.29 is 13.2 Å². The number of piperidine rings is 1. The second-order valence-corrected chi connectivity index (χ2v) is 8.57. The van der Waals surface area contributed by atoms with Crippen LogP contribution in [0.3, 0.4) is 0 Å². The molecule has 3 rings (SSSR count). The van der Waals surface area contributed by atoms with E-state index in [2.05, 4.69) is 11.5 Å². The van der Waals surface area contributed by atoms with Crippen molar-refractivity contribution in [2.75, 3.05) is 39.3 Å². The maximum Gasteiger partial charge on any atom is 0.218 e. The number of ether oxygens (including phenoxy) is 1. The highest BCUT2D eigenvalue weighted by molar-refractivity contribution is 7.88. The Morgan fingerprint density at radius 3 is 2.75 bits per heavy atom. The van der Waals surface area contributed by atoms with Crippen LogP contribution in [0.4, 0.5) is 0 Å². The molecule has 0 radical (unpaired) electrons. The van der Waals surface area contributed by atoms with Gasteiger partial charge in [0.2, 0.25) is 10.0 Å². The summed E-state index contributed by atoms with van der Waals surface area (Å²) in [6.07, 6.45) is 2.77. The largest absolute Gasteiger partial charge is 0.375 e. The van der Waals surface area contributed by atoms with E-state index < -0.39 is 10.0 Å². The van der Waals surface area contributed by atoms with Gasteiger partial charge in [-0.1, -0.05) is 36.4 Å². The summed E-state index contributed by atoms with van der Waals surface area (Å²) in [5.41, 5.74) is 0.832. The van der Waals surface area contributed by atoms with Crippen molar-refractivity contribution in [3.05, 3.63) is 48.6 Å². The van der Waals surface area contributed by atoms with E-state index in [1.165, 1.54) is 0 Å². The standard InChI is InChI=1S/C18H26N2O3S/c1-2-9-19-11-12-23-18-14-20(10-8-17(18)13-19)24(21,22)15-16-6-4-3-5-7-16/h2-7,17-18H,1,8-15H2/t17-,18-/m1/s1. The van der Waals surface area contributed by atoms with E-state index in [-0.39, 0.29) is 11.9 Å². The van der Waals surface area contributed by atoms with Crippen LogP contribution in [0.25, 0.3) is 0 Å². The highest BCUT2D eigenvalue weighted by Crippen LogP contribution is 2.26. The van der Waals surface area contributed by atoms with E-state index in [1.54, 1.807) is 4.31 Å². The zero-order valence-electron chi connectivity index (χ0n) is 14.0. The van der Waals surface area contributed by atoms with Crippen LogP contribution < -0.4 is 0 Å². The van der Waals surface area contributed by atoms with Gasteiger partial charge in [0.1, 0.15) is 0 Å². The third kappa shape index (κ3) is 4.25. The molecule has 2 fully saturated rings. The van der Waals surface area contributed by atoms with Gasteiger partial charge in [-0.15, -0.1) is 6.58 Å². The summed E-state index contributed by atoms with van der Waals surface area (Å²) >= 11 is 0. The smallest absolute Gasteiger partial charge is 0.218 e. The van der Waals surface area contributed by atoms with Crippen LogP contribution in [-0.2, 0) is 20.5 Å². The Morgan fingerprint density at radius 2 is 2.00 bits per heavy atom. The Morgan fingerprint density at radius 1 is 1.21 bits per heavy atom. The molecule has 1 aromatic rings. The minimum absolute atomic E-state index is 0.000821. The molecule has 0 aromatic heterocycles. The second-order valence-electron chi connectivity index (χ2n) is 6.61. The SMILES string of the molecule is C=CCN1CCO[C@@H]2CN(S(=O)(=O)Cc3ccccc3)CC[C@@H]2C1. The van der Waals surface area contributed by atoms with E-state index in [0.29, 0.717) is 25.6 Å². The lowest BCUT2D eigenvalue weighted by molar-refractivity contribution is -0.00192. The van der Waals surface area contributed by atoms with Crippen molar-refractivity contribution in [1.29, 1.82) is 0 Å². The van der Waals surface area contributed by atoms with Gasteiger partial charge >= 0.3 is 0 Å². The highest BCUT2D eigenvalue weighted by Gasteiger charge is 2.37. The minimum atomic E-state index is -3.30. The predicted octanol–water partition coefficient (Wildman–Crippen LogP) is 1.73. The van der Waals surface area contributed by atoms with Gasteiger partial charge in [-0.05, 0) is 12.0 Å². The molecule has 2 aliphatic rings. The van der Waals surface area contributed by atoms with Crippen molar-refractivity contribution in [2.45, 2.75) is 18.3 Å². The summed E-state index contributed by atoms with van der Waals surface area (Å²) in [4.78, 5) is 2.34. The van der Waals surface area contributed by atoms with Gasteiger partial charge < -0.3 is 4.74 Å². The zero-order chi connectivity index (χ0) is 17.0. The summed E-state index contributed by atoms with van der Waals surface area (Å²) < 4.78 is 33.1. The number of hydrogen-bond donors (Lipinski definition) is 0. The van der Waals surface area contributed by atoms with Crippen molar-refractivity contribution in [1.82, 2.24) is 9.21 Å². The van der Waals surface area contributed by atoms with Crippen LogP contribution in [-0.4, -0.2) is 63.1 Å². The van der Waals surface area contributed by atoms with Crippen molar-refractivity contribution >= 4 is 10.0 Å². The first-order valence-electron chi connectivity index (χ1n) is 8.55. The number of fused-ring (bicyclic) bond motifs is 1. The number of nitrogens with zero attached hydrogens (tertiary/aromatic N) is 2. The number of sulfonamides is 1. The van der Waals surface area contributed by atoms with Crippen LogP contribution >= 0.6 is 0 Å². The summed E-state index contributed by atoms with van der Waals surface area (Å²) in [7, 11) is -3.30. The van der Waals surface area contributed by atoms with Gasteiger partial charge in [0.25, 0.3) is 0 Å². The Kier molecular flexibility index (Phi) is 5.71. The summed E-state index contributed by atoms with van der Waals surface area (Å²) in [6.45, 7) is 8.23. The molecule has 0 bridgehead atoms. The maximum atomic E-state index is 12.7. The molecule has 0 amide bonds. The van der Waals surface area contributed by atoms with Crippen molar-refractivity contribution in [2.24, 2.45) is 5.92 Å². The normalized spacial score (nSPS) is 26.5. The third-order valence-corrected chi connectivity index (χ3v) is 6.68. The molecular formula is C18H26N2O3S. The maximum absolute atomic E-state index is 12.7. The first kappa shape index (κ1) is 17.6. The first-order chi connectivity index (χ1) is 11.6. The Bertz CT molecular complexity index is 647. The van der Waals surface area contributed by atoms with Crippen LogP contribution in [0.1, 0.15) is 12.0 Å². The molecule has 132 valence electrons. The Labute approximate surface area is 145 Å². The fourth-order valence-corrected chi connectivity index (χ4v) is 5.12. The monoisotopic (exact) mass is 350 g/mol. The average molecular weight is 350 g/mol. The lowest BCUT2D eigenvalue weighted by atomic mass is 9.94. The van der Waals surface area contributed by atoms with Crippen LogP contribution in [0.2, 0.25) is 0 Å². The van der Waals surface area contributed by atoms with Crippen molar-refractivity contribution in [3.8, 4) is 0 Å². The van der Waals surface area contributed by atoms with Gasteiger partial charge in [0, 0.05) is 38.6 Å². The third-order valence-electron chi connectivity index (χ3n) is 4.86. The van der Waals surface area contributed by atoms with Crippen LogP contribution in [0.5, 0.6) is 0 Å². The topological polar surface area (TPSA) is 49.9 Å². The Balaban J connectivity index is 1.65. The predicted molar refractivity (Wildman–Crippen MR) is 95.1 cm³/mol. The summed E-state index contributed by atoms with van der Waals surface area (Å²) in [5.74, 6) is 0.462. The number of rotatable bonds is 5. The molecule has 1 aromatic carbocycles. The van der Waals surface area contributed by atoms with Gasteiger partial charge in [-0.25, -0.2) is 8.42 Å². The molecular weight excluding hydrogens is 324 g/mol. The molecule has 2 aliphatic heterocycles. The summed E-state index contributed by atoms with van der Waals surface area (Å²) in [5, 5.41) is 0. The minimum Gasteiger partial charge on any atom is -0.375 e. The summed E-state index contributed by atoms with van der Waals surface area (Å²) in [6, 6.07) is 9.37. The fraction of sp³-hybridized carbons (Fsp3) is 0.556. The first-order valence-corrected chi connectivity index (χ1v) is 10.2. The quantitative estimate of drug-likeness (QED) is 0.759. The fourth-order valence-electron chi connectivity index (χ4n) is 3.57.